The zero-order valence-electron chi connectivity index (χ0n) is 15.4. The van der Waals surface area contributed by atoms with E-state index in [-0.39, 0.29) is 17.8 Å². The Hall–Kier alpha value is -2.89. The van der Waals surface area contributed by atoms with Crippen molar-refractivity contribution >= 4 is 5.91 Å². The van der Waals surface area contributed by atoms with Gasteiger partial charge in [-0.25, -0.2) is 9.07 Å². The Morgan fingerprint density at radius 3 is 2.63 bits per heavy atom. The maximum absolute atomic E-state index is 13.4. The molecular weight excluding hydrogens is 343 g/mol. The second kappa shape index (κ2) is 7.39. The minimum Gasteiger partial charge on any atom is -0.336 e. The van der Waals surface area contributed by atoms with Crippen molar-refractivity contribution in [1.82, 2.24) is 19.2 Å². The summed E-state index contributed by atoms with van der Waals surface area (Å²) in [7, 11) is 0. The molecule has 1 fully saturated rings. The second-order valence-electron chi connectivity index (χ2n) is 6.92. The summed E-state index contributed by atoms with van der Waals surface area (Å²) in [5, 5.41) is 4.46. The first-order valence-corrected chi connectivity index (χ1v) is 9.47. The molecule has 0 saturated carbocycles. The molecule has 1 amide bonds. The lowest BCUT2D eigenvalue weighted by Gasteiger charge is -2.35. The summed E-state index contributed by atoms with van der Waals surface area (Å²) >= 11 is 0. The zero-order chi connectivity index (χ0) is 18.8. The molecule has 5 nitrogen and oxygen atoms in total. The molecule has 1 aromatic carbocycles. The van der Waals surface area contributed by atoms with Gasteiger partial charge in [0, 0.05) is 25.0 Å². The minimum absolute atomic E-state index is 0.0126. The Kier molecular flexibility index (Phi) is 4.79. The maximum Gasteiger partial charge on any atom is 0.259 e. The fraction of sp³-hybridized carbons (Fsp3) is 0.333. The summed E-state index contributed by atoms with van der Waals surface area (Å²) in [5.41, 5.74) is 1.28. The van der Waals surface area contributed by atoms with Crippen LogP contribution in [0.3, 0.4) is 0 Å². The number of piperidine rings is 1. The van der Waals surface area contributed by atoms with Crippen LogP contribution in [0.2, 0.25) is 0 Å². The summed E-state index contributed by atoms with van der Waals surface area (Å²) in [6.07, 6.45) is 9.61. The lowest BCUT2D eigenvalue weighted by molar-refractivity contribution is 0.0608. The molecule has 1 saturated heterocycles. The van der Waals surface area contributed by atoms with Gasteiger partial charge < -0.3 is 9.47 Å². The van der Waals surface area contributed by atoms with Crippen LogP contribution in [0, 0.1) is 5.82 Å². The van der Waals surface area contributed by atoms with Crippen LogP contribution < -0.4 is 0 Å². The van der Waals surface area contributed by atoms with Crippen LogP contribution in [-0.2, 0) is 0 Å². The van der Waals surface area contributed by atoms with Gasteiger partial charge in [0.1, 0.15) is 11.4 Å². The SMILES string of the molecule is CCC1CCCCN1C(=O)c1cnn(-c2ccc(F)cc2)c1-n1cccc1. The first-order valence-electron chi connectivity index (χ1n) is 9.47. The predicted octanol–water partition coefficient (Wildman–Crippen LogP) is 4.21. The number of carbonyl (C=O) groups excluding carboxylic acids is 1. The first-order chi connectivity index (χ1) is 13.2. The molecule has 140 valence electrons. The summed E-state index contributed by atoms with van der Waals surface area (Å²) in [5.74, 6) is 0.388. The van der Waals surface area contributed by atoms with Crippen molar-refractivity contribution in [2.75, 3.05) is 6.54 Å². The lowest BCUT2D eigenvalue weighted by atomic mass is 9.99. The molecule has 3 heterocycles. The number of amides is 1. The molecule has 4 rings (SSSR count). The van der Waals surface area contributed by atoms with Crippen molar-refractivity contribution < 1.29 is 9.18 Å². The topological polar surface area (TPSA) is 43.1 Å². The van der Waals surface area contributed by atoms with Gasteiger partial charge in [0.2, 0.25) is 0 Å². The van der Waals surface area contributed by atoms with Gasteiger partial charge in [0.25, 0.3) is 5.91 Å². The van der Waals surface area contributed by atoms with Crippen molar-refractivity contribution in [2.24, 2.45) is 0 Å². The third-order valence-electron chi connectivity index (χ3n) is 5.25. The highest BCUT2D eigenvalue weighted by molar-refractivity contribution is 5.97. The highest BCUT2D eigenvalue weighted by atomic mass is 19.1. The van der Waals surface area contributed by atoms with Crippen LogP contribution in [0.25, 0.3) is 11.5 Å². The number of nitrogens with zero attached hydrogens (tertiary/aromatic N) is 4. The molecule has 1 aliphatic rings. The number of likely N-dealkylation sites (tertiary alicyclic amines) is 1. The monoisotopic (exact) mass is 366 g/mol. The van der Waals surface area contributed by atoms with Gasteiger partial charge >= 0.3 is 0 Å². The molecule has 2 aromatic heterocycles. The molecule has 0 spiro atoms. The molecule has 3 aromatic rings. The van der Waals surface area contributed by atoms with Crippen molar-refractivity contribution in [1.29, 1.82) is 0 Å². The largest absolute Gasteiger partial charge is 0.336 e. The number of rotatable bonds is 4. The van der Waals surface area contributed by atoms with Crippen molar-refractivity contribution in [2.45, 2.75) is 38.6 Å². The van der Waals surface area contributed by atoms with Crippen LogP contribution in [0.15, 0.2) is 55.0 Å². The molecule has 1 unspecified atom stereocenters. The van der Waals surface area contributed by atoms with Gasteiger partial charge in [-0.1, -0.05) is 6.92 Å². The van der Waals surface area contributed by atoms with Gasteiger partial charge in [-0.15, -0.1) is 0 Å². The minimum atomic E-state index is -0.302. The quantitative estimate of drug-likeness (QED) is 0.694. The van der Waals surface area contributed by atoms with Crippen molar-refractivity contribution in [3.05, 3.63) is 66.4 Å². The normalized spacial score (nSPS) is 17.3. The fourth-order valence-corrected chi connectivity index (χ4v) is 3.84. The van der Waals surface area contributed by atoms with Crippen LogP contribution in [0.4, 0.5) is 4.39 Å². The molecule has 1 atom stereocenters. The van der Waals surface area contributed by atoms with E-state index in [4.69, 9.17) is 0 Å². The van der Waals surface area contributed by atoms with Crippen LogP contribution in [0.5, 0.6) is 0 Å². The average Bonchev–Trinajstić information content (AvgIpc) is 3.37. The van der Waals surface area contributed by atoms with E-state index in [0.29, 0.717) is 17.1 Å². The van der Waals surface area contributed by atoms with E-state index in [1.807, 2.05) is 34.0 Å². The molecule has 1 aliphatic heterocycles. The predicted molar refractivity (Wildman–Crippen MR) is 102 cm³/mol. The third-order valence-corrected chi connectivity index (χ3v) is 5.25. The van der Waals surface area contributed by atoms with Gasteiger partial charge in [-0.2, -0.15) is 5.10 Å². The standard InChI is InChI=1S/C21H23FN4O/c1-2-17-7-3-4-14-25(17)21(27)19-15-23-26(18-10-8-16(22)9-11-18)20(19)24-12-5-6-13-24/h5-6,8-13,15,17H,2-4,7,14H2,1H3. The van der Waals surface area contributed by atoms with Crippen molar-refractivity contribution in [3.8, 4) is 11.5 Å². The lowest BCUT2D eigenvalue weighted by Crippen LogP contribution is -2.43. The number of benzene rings is 1. The summed E-state index contributed by atoms with van der Waals surface area (Å²) < 4.78 is 16.9. The zero-order valence-corrected chi connectivity index (χ0v) is 15.4. The number of hydrogen-bond donors (Lipinski definition) is 0. The molecular formula is C21H23FN4O. The van der Waals surface area contributed by atoms with Gasteiger partial charge in [-0.05, 0) is 62.1 Å². The highest BCUT2D eigenvalue weighted by Gasteiger charge is 2.30. The van der Waals surface area contributed by atoms with Gasteiger partial charge in [-0.3, -0.25) is 4.79 Å². The smallest absolute Gasteiger partial charge is 0.259 e. The Balaban J connectivity index is 1.79. The first kappa shape index (κ1) is 17.5. The third kappa shape index (κ3) is 3.27. The summed E-state index contributed by atoms with van der Waals surface area (Å²) in [6, 6.07) is 10.2. The van der Waals surface area contributed by atoms with E-state index in [1.54, 1.807) is 23.0 Å². The van der Waals surface area contributed by atoms with E-state index >= 15 is 0 Å². The number of carbonyl (C=O) groups is 1. The molecule has 0 aliphatic carbocycles. The van der Waals surface area contributed by atoms with E-state index in [0.717, 1.165) is 25.8 Å². The van der Waals surface area contributed by atoms with Crippen LogP contribution >= 0.6 is 0 Å². The molecule has 0 radical (unpaired) electrons. The summed E-state index contributed by atoms with van der Waals surface area (Å²) in [4.78, 5) is 15.4. The molecule has 27 heavy (non-hydrogen) atoms. The van der Waals surface area contributed by atoms with E-state index in [1.165, 1.54) is 18.6 Å². The molecule has 0 bridgehead atoms. The molecule has 0 N–H and O–H groups in total. The molecule has 6 heteroatoms. The Labute approximate surface area is 158 Å². The highest BCUT2D eigenvalue weighted by Crippen LogP contribution is 2.26. The van der Waals surface area contributed by atoms with E-state index < -0.39 is 0 Å². The maximum atomic E-state index is 13.4. The van der Waals surface area contributed by atoms with E-state index in [2.05, 4.69) is 12.0 Å². The number of hydrogen-bond acceptors (Lipinski definition) is 2. The van der Waals surface area contributed by atoms with Gasteiger partial charge in [0.05, 0.1) is 11.9 Å². The fourth-order valence-electron chi connectivity index (χ4n) is 3.84. The second-order valence-corrected chi connectivity index (χ2v) is 6.92. The van der Waals surface area contributed by atoms with Crippen molar-refractivity contribution in [3.63, 3.8) is 0 Å². The number of aromatic nitrogens is 3. The Bertz CT molecular complexity index is 914. The summed E-state index contributed by atoms with van der Waals surface area (Å²) in [6.45, 7) is 2.91. The van der Waals surface area contributed by atoms with E-state index in [9.17, 15) is 9.18 Å². The van der Waals surface area contributed by atoms with Crippen LogP contribution in [0.1, 0.15) is 43.0 Å². The Morgan fingerprint density at radius 1 is 1.19 bits per heavy atom. The average molecular weight is 366 g/mol. The van der Waals surface area contributed by atoms with Crippen LogP contribution in [-0.4, -0.2) is 37.7 Å². The van der Waals surface area contributed by atoms with Gasteiger partial charge in [0.15, 0.2) is 5.82 Å². The Morgan fingerprint density at radius 2 is 1.93 bits per heavy atom. The number of halogens is 1.